The maximum absolute atomic E-state index is 2.48. The minimum atomic E-state index is 0.642. The van der Waals surface area contributed by atoms with E-state index in [1.165, 1.54) is 36.0 Å². The number of aryl methyl sites for hydroxylation is 1. The molecule has 20 heavy (non-hydrogen) atoms. The van der Waals surface area contributed by atoms with Crippen LogP contribution in [0.2, 0.25) is 0 Å². The number of hydrogen-bond donors (Lipinski definition) is 0. The highest BCUT2D eigenvalue weighted by Crippen LogP contribution is 2.28. The highest BCUT2D eigenvalue weighted by Gasteiger charge is 2.13. The number of benzene rings is 1. The van der Waals surface area contributed by atoms with Gasteiger partial charge < -0.3 is 0 Å². The molecule has 0 aliphatic carbocycles. The molecule has 0 heterocycles. The highest BCUT2D eigenvalue weighted by atomic mass is 14.2. The summed E-state index contributed by atoms with van der Waals surface area (Å²) >= 11 is 0. The van der Waals surface area contributed by atoms with Crippen LogP contribution in [-0.2, 0) is 0 Å². The van der Waals surface area contributed by atoms with Crippen molar-refractivity contribution in [3.8, 4) is 0 Å². The van der Waals surface area contributed by atoms with E-state index in [4.69, 9.17) is 0 Å². The topological polar surface area (TPSA) is 0 Å². The zero-order valence-corrected chi connectivity index (χ0v) is 14.2. The molecule has 0 saturated heterocycles. The van der Waals surface area contributed by atoms with E-state index in [1.54, 1.807) is 0 Å². The molecule has 0 nitrogen and oxygen atoms in total. The lowest BCUT2D eigenvalue weighted by Gasteiger charge is -2.20. The van der Waals surface area contributed by atoms with E-state index in [0.29, 0.717) is 5.92 Å². The Labute approximate surface area is 126 Å². The lowest BCUT2D eigenvalue weighted by atomic mass is 9.85. The minimum Gasteiger partial charge on any atom is -0.0827 e. The molecule has 0 aliphatic rings. The van der Waals surface area contributed by atoms with E-state index in [0.717, 1.165) is 11.8 Å². The molecule has 0 spiro atoms. The molecule has 1 aromatic carbocycles. The van der Waals surface area contributed by atoms with Gasteiger partial charge in [0.1, 0.15) is 0 Å². The van der Waals surface area contributed by atoms with E-state index in [9.17, 15) is 0 Å². The van der Waals surface area contributed by atoms with Gasteiger partial charge in [0, 0.05) is 0 Å². The first-order valence-electron chi connectivity index (χ1n) is 8.10. The van der Waals surface area contributed by atoms with Crippen molar-refractivity contribution in [2.24, 2.45) is 11.8 Å². The fraction of sp³-hybridized carbons (Fsp3) is 0.600. The van der Waals surface area contributed by atoms with Crippen LogP contribution in [0.3, 0.4) is 0 Å². The largest absolute Gasteiger partial charge is 0.0827 e. The minimum absolute atomic E-state index is 0.642. The zero-order valence-electron chi connectivity index (χ0n) is 14.2. The van der Waals surface area contributed by atoms with Gasteiger partial charge in [0.05, 0.1) is 0 Å². The van der Waals surface area contributed by atoms with E-state index in [2.05, 4.69) is 71.9 Å². The van der Waals surface area contributed by atoms with Gasteiger partial charge in [-0.2, -0.15) is 0 Å². The van der Waals surface area contributed by atoms with Crippen molar-refractivity contribution < 1.29 is 0 Å². The molecular formula is C20H32. The van der Waals surface area contributed by atoms with E-state index in [1.807, 2.05) is 0 Å². The normalized spacial score (nSPS) is 14.2. The van der Waals surface area contributed by atoms with Crippen LogP contribution in [0.5, 0.6) is 0 Å². The van der Waals surface area contributed by atoms with E-state index in [-0.39, 0.29) is 0 Å². The number of hydrogen-bond acceptors (Lipinski definition) is 0. The first kappa shape index (κ1) is 17.0. The third-order valence-corrected chi connectivity index (χ3v) is 3.99. The predicted molar refractivity (Wildman–Crippen MR) is 91.2 cm³/mol. The molecule has 2 unspecified atom stereocenters. The molecule has 0 fully saturated rings. The molecule has 0 aliphatic heterocycles. The lowest BCUT2D eigenvalue weighted by molar-refractivity contribution is 0.437. The van der Waals surface area contributed by atoms with Crippen molar-refractivity contribution in [2.75, 3.05) is 0 Å². The maximum Gasteiger partial charge on any atom is -0.0185 e. The average molecular weight is 272 g/mol. The third-order valence-electron chi connectivity index (χ3n) is 3.99. The Hall–Kier alpha value is -1.04. The Morgan fingerprint density at radius 1 is 1.00 bits per heavy atom. The van der Waals surface area contributed by atoms with Crippen LogP contribution < -0.4 is 0 Å². The van der Waals surface area contributed by atoms with Gasteiger partial charge in [0.25, 0.3) is 0 Å². The Kier molecular flexibility index (Phi) is 7.05. The standard InChI is InChI=1S/C20H32/c1-15(2)7-10-19(13-16(3)4)14-18(6)20-11-8-17(5)9-12-20/h8-9,11-13,15,18-19H,7,10,14H2,1-6H3. The van der Waals surface area contributed by atoms with Gasteiger partial charge in [-0.15, -0.1) is 0 Å². The van der Waals surface area contributed by atoms with Crippen molar-refractivity contribution in [3.63, 3.8) is 0 Å². The molecule has 0 aromatic heterocycles. The molecule has 0 bridgehead atoms. The Balaban J connectivity index is 2.67. The molecule has 2 atom stereocenters. The van der Waals surface area contributed by atoms with Crippen LogP contribution in [0.4, 0.5) is 0 Å². The van der Waals surface area contributed by atoms with Crippen LogP contribution >= 0.6 is 0 Å². The average Bonchev–Trinajstić information content (AvgIpc) is 2.36. The molecule has 1 aromatic rings. The molecule has 0 N–H and O–H groups in total. The van der Waals surface area contributed by atoms with Crippen molar-refractivity contribution in [1.29, 1.82) is 0 Å². The Bertz CT molecular complexity index is 404. The SMILES string of the molecule is CC(C)=CC(CCC(C)C)CC(C)c1ccc(C)cc1. The van der Waals surface area contributed by atoms with Gasteiger partial charge in [0.2, 0.25) is 0 Å². The first-order chi connectivity index (χ1) is 9.38. The quantitative estimate of drug-likeness (QED) is 0.496. The smallest absolute Gasteiger partial charge is 0.0185 e. The van der Waals surface area contributed by atoms with E-state index < -0.39 is 0 Å². The van der Waals surface area contributed by atoms with Gasteiger partial charge in [-0.25, -0.2) is 0 Å². The molecule has 0 amide bonds. The van der Waals surface area contributed by atoms with Crippen molar-refractivity contribution in [2.45, 2.75) is 66.7 Å². The molecule has 0 saturated carbocycles. The Morgan fingerprint density at radius 2 is 1.60 bits per heavy atom. The summed E-state index contributed by atoms with van der Waals surface area (Å²) in [6.07, 6.45) is 6.39. The molecule has 0 heteroatoms. The van der Waals surface area contributed by atoms with Crippen LogP contribution in [-0.4, -0.2) is 0 Å². The summed E-state index contributed by atoms with van der Waals surface area (Å²) in [5, 5.41) is 0. The second-order valence-electron chi connectivity index (χ2n) is 7.02. The highest BCUT2D eigenvalue weighted by molar-refractivity contribution is 5.24. The molecule has 1 rings (SSSR count). The Morgan fingerprint density at radius 3 is 2.10 bits per heavy atom. The summed E-state index contributed by atoms with van der Waals surface area (Å²) in [4.78, 5) is 0. The summed E-state index contributed by atoms with van der Waals surface area (Å²) in [5.41, 5.74) is 4.28. The monoisotopic (exact) mass is 272 g/mol. The number of allylic oxidation sites excluding steroid dienone is 2. The summed E-state index contributed by atoms with van der Waals surface area (Å²) in [6.45, 7) is 13.6. The summed E-state index contributed by atoms with van der Waals surface area (Å²) in [6, 6.07) is 9.05. The maximum atomic E-state index is 2.48. The van der Waals surface area contributed by atoms with Crippen molar-refractivity contribution in [1.82, 2.24) is 0 Å². The van der Waals surface area contributed by atoms with Gasteiger partial charge >= 0.3 is 0 Å². The first-order valence-corrected chi connectivity index (χ1v) is 8.10. The molecule has 0 radical (unpaired) electrons. The lowest BCUT2D eigenvalue weighted by Crippen LogP contribution is -2.05. The fourth-order valence-corrected chi connectivity index (χ4v) is 2.77. The zero-order chi connectivity index (χ0) is 15.1. The second-order valence-corrected chi connectivity index (χ2v) is 7.02. The van der Waals surface area contributed by atoms with Gasteiger partial charge in [-0.05, 0) is 56.9 Å². The van der Waals surface area contributed by atoms with Crippen molar-refractivity contribution in [3.05, 3.63) is 47.0 Å². The second kappa shape index (κ2) is 8.29. The summed E-state index contributed by atoms with van der Waals surface area (Å²) in [5.74, 6) is 2.17. The van der Waals surface area contributed by atoms with Crippen LogP contribution in [0, 0.1) is 18.8 Å². The summed E-state index contributed by atoms with van der Waals surface area (Å²) in [7, 11) is 0. The fourth-order valence-electron chi connectivity index (χ4n) is 2.77. The summed E-state index contributed by atoms with van der Waals surface area (Å²) < 4.78 is 0. The predicted octanol–water partition coefficient (Wildman–Crippen LogP) is 6.51. The van der Waals surface area contributed by atoms with Crippen LogP contribution in [0.25, 0.3) is 0 Å². The number of rotatable bonds is 7. The van der Waals surface area contributed by atoms with E-state index >= 15 is 0 Å². The molecule has 112 valence electrons. The third kappa shape index (κ3) is 6.41. The molecular weight excluding hydrogens is 240 g/mol. The van der Waals surface area contributed by atoms with Gasteiger partial charge in [-0.1, -0.05) is 68.7 Å². The van der Waals surface area contributed by atoms with Crippen molar-refractivity contribution >= 4 is 0 Å². The van der Waals surface area contributed by atoms with Crippen LogP contribution in [0.15, 0.2) is 35.9 Å². The van der Waals surface area contributed by atoms with Gasteiger partial charge in [-0.3, -0.25) is 0 Å². The van der Waals surface area contributed by atoms with Gasteiger partial charge in [0.15, 0.2) is 0 Å². The van der Waals surface area contributed by atoms with Crippen LogP contribution in [0.1, 0.15) is 70.9 Å².